The van der Waals surface area contributed by atoms with E-state index in [9.17, 15) is 18.0 Å². The Kier molecular flexibility index (Phi) is 2.46. The van der Waals surface area contributed by atoms with Crippen molar-refractivity contribution < 1.29 is 18.0 Å². The van der Waals surface area contributed by atoms with Crippen LogP contribution in [-0.2, 0) is 0 Å². The lowest BCUT2D eigenvalue weighted by atomic mass is 10.2. The first-order valence-electron chi connectivity index (χ1n) is 4.98. The second-order valence-corrected chi connectivity index (χ2v) is 5.73. The van der Waals surface area contributed by atoms with E-state index < -0.39 is 12.0 Å². The Balaban J connectivity index is 2.25. The fourth-order valence-corrected chi connectivity index (χ4v) is 3.96. The molecule has 0 saturated carbocycles. The van der Waals surface area contributed by atoms with Gasteiger partial charge in [0.15, 0.2) is 0 Å². The summed E-state index contributed by atoms with van der Waals surface area (Å²) >= 11 is 2.37. The monoisotopic (exact) mass is 286 g/mol. The molecular formula is C12H5F3OS2. The number of hydrogen-bond acceptors (Lipinski definition) is 3. The van der Waals surface area contributed by atoms with Gasteiger partial charge in [-0.25, -0.2) is 0 Å². The highest BCUT2D eigenvalue weighted by molar-refractivity contribution is 7.27. The molecule has 1 aromatic carbocycles. The molecule has 0 amide bonds. The van der Waals surface area contributed by atoms with Crippen molar-refractivity contribution >= 4 is 48.6 Å². The van der Waals surface area contributed by atoms with Gasteiger partial charge in [0, 0.05) is 0 Å². The van der Waals surface area contributed by atoms with E-state index in [1.165, 1.54) is 17.4 Å². The first-order valence-corrected chi connectivity index (χ1v) is 6.68. The van der Waals surface area contributed by atoms with Gasteiger partial charge in [-0.05, 0) is 28.3 Å². The van der Waals surface area contributed by atoms with Gasteiger partial charge in [0.25, 0.3) is 5.78 Å². The number of carbonyl (C=O) groups is 1. The zero-order chi connectivity index (χ0) is 12.9. The standard InChI is InChI=1S/C12H5F3OS2/c13-12(14,15)11(16)8-5-7-2-1-6-3-4-17-9(6)10(7)18-8/h1-5H. The molecule has 0 atom stereocenters. The van der Waals surface area contributed by atoms with Crippen LogP contribution in [-0.4, -0.2) is 12.0 Å². The molecule has 92 valence electrons. The predicted molar refractivity (Wildman–Crippen MR) is 67.6 cm³/mol. The number of Topliss-reactive ketones (excluding diaryl/α,β-unsaturated/α-hetero) is 1. The second kappa shape index (κ2) is 3.80. The molecule has 0 saturated heterocycles. The third-order valence-electron chi connectivity index (χ3n) is 2.59. The summed E-state index contributed by atoms with van der Waals surface area (Å²) in [7, 11) is 0. The molecule has 2 heterocycles. The fraction of sp³-hybridized carbons (Fsp3) is 0.0833. The van der Waals surface area contributed by atoms with Crippen molar-refractivity contribution in [3.63, 3.8) is 0 Å². The Bertz CT molecular complexity index is 751. The van der Waals surface area contributed by atoms with E-state index in [-0.39, 0.29) is 4.88 Å². The summed E-state index contributed by atoms with van der Waals surface area (Å²) in [6.45, 7) is 0. The third-order valence-corrected chi connectivity index (χ3v) is 4.83. The molecular weight excluding hydrogens is 281 g/mol. The molecule has 0 bridgehead atoms. The summed E-state index contributed by atoms with van der Waals surface area (Å²) < 4.78 is 38.8. The van der Waals surface area contributed by atoms with Crippen molar-refractivity contribution in [2.45, 2.75) is 6.18 Å². The maximum absolute atomic E-state index is 12.4. The topological polar surface area (TPSA) is 17.1 Å². The summed E-state index contributed by atoms with van der Waals surface area (Å²) in [6, 6.07) is 6.82. The van der Waals surface area contributed by atoms with Crippen molar-refractivity contribution in [1.82, 2.24) is 0 Å². The van der Waals surface area contributed by atoms with Gasteiger partial charge in [-0.3, -0.25) is 4.79 Å². The van der Waals surface area contributed by atoms with Gasteiger partial charge in [0.2, 0.25) is 0 Å². The predicted octanol–water partition coefficient (Wildman–Crippen LogP) is 4.86. The Hall–Kier alpha value is -1.40. The van der Waals surface area contributed by atoms with Crippen LogP contribution in [0.4, 0.5) is 13.2 Å². The highest BCUT2D eigenvalue weighted by Gasteiger charge is 2.40. The highest BCUT2D eigenvalue weighted by atomic mass is 32.1. The number of thiophene rings is 2. The maximum atomic E-state index is 12.4. The average molecular weight is 286 g/mol. The molecule has 0 aliphatic heterocycles. The number of carbonyl (C=O) groups excluding carboxylic acids is 1. The Labute approximate surface area is 107 Å². The molecule has 0 spiro atoms. The minimum absolute atomic E-state index is 0.251. The van der Waals surface area contributed by atoms with Gasteiger partial charge in [-0.15, -0.1) is 22.7 Å². The molecule has 1 nitrogen and oxygen atoms in total. The number of hydrogen-bond donors (Lipinski definition) is 0. The molecule has 6 heteroatoms. The van der Waals surface area contributed by atoms with Gasteiger partial charge in [-0.2, -0.15) is 13.2 Å². The summed E-state index contributed by atoms with van der Waals surface area (Å²) in [4.78, 5) is 10.9. The zero-order valence-corrected chi connectivity index (χ0v) is 10.4. The zero-order valence-electron chi connectivity index (χ0n) is 8.75. The number of benzene rings is 1. The molecule has 0 aliphatic rings. The van der Waals surface area contributed by atoms with Gasteiger partial charge < -0.3 is 0 Å². The van der Waals surface area contributed by atoms with Crippen molar-refractivity contribution in [2.75, 3.05) is 0 Å². The summed E-state index contributed by atoms with van der Waals surface area (Å²) in [5.74, 6) is -1.77. The molecule has 0 N–H and O–H groups in total. The summed E-state index contributed by atoms with van der Waals surface area (Å²) in [5, 5.41) is 3.55. The van der Waals surface area contributed by atoms with Gasteiger partial charge >= 0.3 is 6.18 Å². The molecule has 3 aromatic rings. The molecule has 0 aliphatic carbocycles. The van der Waals surface area contributed by atoms with Crippen LogP contribution >= 0.6 is 22.7 Å². The average Bonchev–Trinajstić information content (AvgIpc) is 2.91. The number of rotatable bonds is 1. The van der Waals surface area contributed by atoms with Crippen LogP contribution in [0, 0.1) is 0 Å². The quantitative estimate of drug-likeness (QED) is 0.584. The van der Waals surface area contributed by atoms with Gasteiger partial charge in [0.1, 0.15) is 0 Å². The first-order chi connectivity index (χ1) is 8.47. The Morgan fingerprint density at radius 1 is 1.06 bits per heavy atom. The van der Waals surface area contributed by atoms with Crippen molar-refractivity contribution in [3.8, 4) is 0 Å². The number of ketones is 1. The second-order valence-electron chi connectivity index (χ2n) is 3.76. The highest BCUT2D eigenvalue weighted by Crippen LogP contribution is 2.37. The summed E-state index contributed by atoms with van der Waals surface area (Å²) in [5.41, 5.74) is 0. The Morgan fingerprint density at radius 2 is 1.78 bits per heavy atom. The summed E-state index contributed by atoms with van der Waals surface area (Å²) in [6.07, 6.45) is -4.81. The van der Waals surface area contributed by atoms with Gasteiger partial charge in [-0.1, -0.05) is 12.1 Å². The van der Waals surface area contributed by atoms with E-state index in [0.29, 0.717) is 5.39 Å². The molecule has 2 aromatic heterocycles. The van der Waals surface area contributed by atoms with E-state index in [1.807, 2.05) is 17.5 Å². The number of fused-ring (bicyclic) bond motifs is 3. The van der Waals surface area contributed by atoms with Crippen molar-refractivity contribution in [1.29, 1.82) is 0 Å². The molecule has 3 rings (SSSR count). The maximum Gasteiger partial charge on any atom is 0.455 e. The number of halogens is 3. The molecule has 0 fully saturated rings. The lowest BCUT2D eigenvalue weighted by molar-refractivity contribution is -0.0882. The van der Waals surface area contributed by atoms with Crippen LogP contribution in [0.25, 0.3) is 20.2 Å². The normalized spacial score (nSPS) is 12.4. The number of alkyl halides is 3. The molecule has 18 heavy (non-hydrogen) atoms. The van der Waals surface area contributed by atoms with Crippen LogP contribution < -0.4 is 0 Å². The largest absolute Gasteiger partial charge is 0.455 e. The molecule has 0 radical (unpaired) electrons. The van der Waals surface area contributed by atoms with Crippen LogP contribution in [0.2, 0.25) is 0 Å². The van der Waals surface area contributed by atoms with E-state index in [2.05, 4.69) is 0 Å². The van der Waals surface area contributed by atoms with E-state index >= 15 is 0 Å². The Morgan fingerprint density at radius 3 is 2.50 bits per heavy atom. The minimum atomic E-state index is -4.81. The van der Waals surface area contributed by atoms with Crippen LogP contribution in [0.1, 0.15) is 9.67 Å². The lowest BCUT2D eigenvalue weighted by Gasteiger charge is -2.00. The van der Waals surface area contributed by atoms with Crippen LogP contribution in [0.3, 0.4) is 0 Å². The van der Waals surface area contributed by atoms with Crippen LogP contribution in [0.15, 0.2) is 29.6 Å². The first kappa shape index (κ1) is 11.7. The van der Waals surface area contributed by atoms with E-state index in [1.54, 1.807) is 6.07 Å². The van der Waals surface area contributed by atoms with E-state index in [4.69, 9.17) is 0 Å². The van der Waals surface area contributed by atoms with E-state index in [0.717, 1.165) is 26.1 Å². The van der Waals surface area contributed by atoms with Gasteiger partial charge in [0.05, 0.1) is 14.3 Å². The minimum Gasteiger partial charge on any atom is -0.283 e. The third kappa shape index (κ3) is 1.72. The van der Waals surface area contributed by atoms with Crippen LogP contribution in [0.5, 0.6) is 0 Å². The fourth-order valence-electron chi connectivity index (χ4n) is 1.77. The lowest BCUT2D eigenvalue weighted by Crippen LogP contribution is -2.21. The molecule has 0 unspecified atom stereocenters. The van der Waals surface area contributed by atoms with Crippen molar-refractivity contribution in [2.24, 2.45) is 0 Å². The SMILES string of the molecule is O=C(c1cc2ccc3ccsc3c2s1)C(F)(F)F. The smallest absolute Gasteiger partial charge is 0.283 e. The van der Waals surface area contributed by atoms with Crippen molar-refractivity contribution in [3.05, 3.63) is 34.5 Å².